The van der Waals surface area contributed by atoms with E-state index in [9.17, 15) is 19.5 Å². The predicted octanol–water partition coefficient (Wildman–Crippen LogP) is 1.98. The number of hydrogen-bond acceptors (Lipinski definition) is 5. The first-order chi connectivity index (χ1) is 11.8. The molecule has 2 aromatic carbocycles. The van der Waals surface area contributed by atoms with Gasteiger partial charge < -0.3 is 20.9 Å². The Labute approximate surface area is 144 Å². The molecule has 0 saturated heterocycles. The molecule has 7 heteroatoms. The van der Waals surface area contributed by atoms with E-state index in [1.165, 1.54) is 37.3 Å². The second-order valence-electron chi connectivity index (χ2n) is 5.45. The van der Waals surface area contributed by atoms with Gasteiger partial charge in [0, 0.05) is 11.3 Å². The van der Waals surface area contributed by atoms with Crippen LogP contribution in [0.15, 0.2) is 42.5 Å². The van der Waals surface area contributed by atoms with Gasteiger partial charge in [0.1, 0.15) is 11.3 Å². The van der Waals surface area contributed by atoms with Gasteiger partial charge in [0.15, 0.2) is 6.10 Å². The minimum Gasteiger partial charge on any atom is -0.507 e. The van der Waals surface area contributed by atoms with Crippen LogP contribution in [0, 0.1) is 6.92 Å². The Morgan fingerprint density at radius 2 is 1.76 bits per heavy atom. The van der Waals surface area contributed by atoms with Crippen LogP contribution in [0.3, 0.4) is 0 Å². The van der Waals surface area contributed by atoms with Gasteiger partial charge in [0.2, 0.25) is 5.91 Å². The standard InChI is InChI=1S/C18H18N2O5/c1-10-4-3-5-14(15(10)21)18(24)25-11(2)17(23)20-13-8-6-12(7-9-13)16(19)22/h3-9,11,21H,1-2H3,(H2,19,22)(H,20,23)/t11-/m0/s1. The van der Waals surface area contributed by atoms with E-state index in [-0.39, 0.29) is 11.3 Å². The van der Waals surface area contributed by atoms with Crippen molar-refractivity contribution < 1.29 is 24.2 Å². The highest BCUT2D eigenvalue weighted by atomic mass is 16.5. The first-order valence-corrected chi connectivity index (χ1v) is 7.50. The van der Waals surface area contributed by atoms with Gasteiger partial charge in [-0.2, -0.15) is 0 Å². The maximum atomic E-state index is 12.1. The fraction of sp³-hybridized carbons (Fsp3) is 0.167. The molecule has 0 aliphatic carbocycles. The maximum absolute atomic E-state index is 12.1. The minimum absolute atomic E-state index is 0.00883. The van der Waals surface area contributed by atoms with E-state index >= 15 is 0 Å². The third-order valence-corrected chi connectivity index (χ3v) is 3.55. The highest BCUT2D eigenvalue weighted by Gasteiger charge is 2.21. The molecule has 0 aromatic heterocycles. The molecule has 4 N–H and O–H groups in total. The van der Waals surface area contributed by atoms with Crippen LogP contribution in [0.5, 0.6) is 5.75 Å². The van der Waals surface area contributed by atoms with Crippen LogP contribution in [0.2, 0.25) is 0 Å². The first-order valence-electron chi connectivity index (χ1n) is 7.50. The van der Waals surface area contributed by atoms with Gasteiger partial charge in [-0.05, 0) is 49.7 Å². The van der Waals surface area contributed by atoms with Crippen molar-refractivity contribution in [1.82, 2.24) is 0 Å². The lowest BCUT2D eigenvalue weighted by molar-refractivity contribution is -0.123. The Hall–Kier alpha value is -3.35. The number of phenols is 1. The summed E-state index contributed by atoms with van der Waals surface area (Å²) in [5.41, 5.74) is 6.40. The van der Waals surface area contributed by atoms with E-state index in [4.69, 9.17) is 10.5 Å². The molecule has 25 heavy (non-hydrogen) atoms. The lowest BCUT2D eigenvalue weighted by Gasteiger charge is -2.14. The zero-order valence-corrected chi connectivity index (χ0v) is 13.8. The van der Waals surface area contributed by atoms with Gasteiger partial charge in [-0.3, -0.25) is 9.59 Å². The molecule has 0 aliphatic rings. The van der Waals surface area contributed by atoms with E-state index < -0.39 is 23.9 Å². The van der Waals surface area contributed by atoms with Crippen molar-refractivity contribution in [3.8, 4) is 5.75 Å². The Bertz CT molecular complexity index is 815. The number of aryl methyl sites for hydroxylation is 1. The number of hydrogen-bond donors (Lipinski definition) is 3. The van der Waals surface area contributed by atoms with Gasteiger partial charge in [-0.25, -0.2) is 4.79 Å². The zero-order valence-electron chi connectivity index (χ0n) is 13.8. The van der Waals surface area contributed by atoms with Crippen molar-refractivity contribution in [1.29, 1.82) is 0 Å². The molecule has 7 nitrogen and oxygen atoms in total. The summed E-state index contributed by atoms with van der Waals surface area (Å²) in [5.74, 6) is -2.10. The summed E-state index contributed by atoms with van der Waals surface area (Å²) in [7, 11) is 0. The summed E-state index contributed by atoms with van der Waals surface area (Å²) in [6, 6.07) is 10.6. The SMILES string of the molecule is Cc1cccc(C(=O)O[C@@H](C)C(=O)Nc2ccc(C(N)=O)cc2)c1O. The number of para-hydroxylation sites is 1. The van der Waals surface area contributed by atoms with E-state index in [0.29, 0.717) is 16.8 Å². The summed E-state index contributed by atoms with van der Waals surface area (Å²) < 4.78 is 5.08. The molecule has 2 aromatic rings. The molecule has 0 fully saturated rings. The molecule has 2 rings (SSSR count). The van der Waals surface area contributed by atoms with E-state index in [0.717, 1.165) is 0 Å². The number of aromatic hydroxyl groups is 1. The second-order valence-corrected chi connectivity index (χ2v) is 5.45. The van der Waals surface area contributed by atoms with Crippen LogP contribution < -0.4 is 11.1 Å². The molecule has 0 unspecified atom stereocenters. The molecule has 0 saturated carbocycles. The number of phenolic OH excluding ortho intramolecular Hbond substituents is 1. The van der Waals surface area contributed by atoms with Crippen LogP contribution >= 0.6 is 0 Å². The molecule has 130 valence electrons. The number of carbonyl (C=O) groups is 3. The average molecular weight is 342 g/mol. The summed E-state index contributed by atoms with van der Waals surface area (Å²) in [4.78, 5) is 35.2. The smallest absolute Gasteiger partial charge is 0.342 e. The van der Waals surface area contributed by atoms with E-state index in [1.807, 2.05) is 0 Å². The second kappa shape index (κ2) is 7.48. The van der Waals surface area contributed by atoms with Gasteiger partial charge in [0.05, 0.1) is 0 Å². The fourth-order valence-corrected chi connectivity index (χ4v) is 2.06. The first kappa shape index (κ1) is 18.0. The molecule has 0 aliphatic heterocycles. The normalized spacial score (nSPS) is 11.4. The van der Waals surface area contributed by atoms with Crippen LogP contribution in [0.1, 0.15) is 33.2 Å². The van der Waals surface area contributed by atoms with Crippen LogP contribution in [0.4, 0.5) is 5.69 Å². The molecule has 2 amide bonds. The summed E-state index contributed by atoms with van der Waals surface area (Å²) in [6.07, 6.45) is -1.08. The van der Waals surface area contributed by atoms with E-state index in [2.05, 4.69) is 5.32 Å². The number of nitrogens with one attached hydrogen (secondary N) is 1. The van der Waals surface area contributed by atoms with Crippen LogP contribution in [-0.2, 0) is 9.53 Å². The van der Waals surface area contributed by atoms with Gasteiger partial charge >= 0.3 is 5.97 Å². The number of benzene rings is 2. The molecule has 0 radical (unpaired) electrons. The molecule has 1 atom stereocenters. The topological polar surface area (TPSA) is 119 Å². The van der Waals surface area contributed by atoms with Crippen LogP contribution in [0.25, 0.3) is 0 Å². The molecular formula is C18H18N2O5. The fourth-order valence-electron chi connectivity index (χ4n) is 2.06. The lowest BCUT2D eigenvalue weighted by atomic mass is 10.1. The Morgan fingerprint density at radius 3 is 2.36 bits per heavy atom. The number of amides is 2. The molecular weight excluding hydrogens is 324 g/mol. The summed E-state index contributed by atoms with van der Waals surface area (Å²) >= 11 is 0. The van der Waals surface area contributed by atoms with Gasteiger partial charge in [0.25, 0.3) is 5.91 Å². The monoisotopic (exact) mass is 342 g/mol. The van der Waals surface area contributed by atoms with Crippen molar-refractivity contribution in [2.75, 3.05) is 5.32 Å². The third-order valence-electron chi connectivity index (χ3n) is 3.55. The number of carbonyl (C=O) groups excluding carboxylic acids is 3. The lowest BCUT2D eigenvalue weighted by Crippen LogP contribution is -2.30. The number of ether oxygens (including phenoxy) is 1. The molecule has 0 heterocycles. The number of primary amides is 1. The number of nitrogens with two attached hydrogens (primary N) is 1. The van der Waals surface area contributed by atoms with Crippen molar-refractivity contribution in [2.45, 2.75) is 20.0 Å². The number of anilines is 1. The van der Waals surface area contributed by atoms with E-state index in [1.54, 1.807) is 19.1 Å². The van der Waals surface area contributed by atoms with Crippen molar-refractivity contribution in [2.24, 2.45) is 5.73 Å². The number of esters is 1. The van der Waals surface area contributed by atoms with Crippen molar-refractivity contribution in [3.05, 3.63) is 59.2 Å². The minimum atomic E-state index is -1.08. The predicted molar refractivity (Wildman–Crippen MR) is 91.3 cm³/mol. The van der Waals surface area contributed by atoms with Crippen molar-refractivity contribution in [3.63, 3.8) is 0 Å². The highest BCUT2D eigenvalue weighted by molar-refractivity contribution is 5.99. The maximum Gasteiger partial charge on any atom is 0.342 e. The van der Waals surface area contributed by atoms with Gasteiger partial charge in [-0.15, -0.1) is 0 Å². The highest BCUT2D eigenvalue weighted by Crippen LogP contribution is 2.22. The Kier molecular flexibility index (Phi) is 5.38. The summed E-state index contributed by atoms with van der Waals surface area (Å²) in [6.45, 7) is 3.07. The zero-order chi connectivity index (χ0) is 18.6. The Morgan fingerprint density at radius 1 is 1.12 bits per heavy atom. The Balaban J connectivity index is 2.01. The number of rotatable bonds is 5. The quantitative estimate of drug-likeness (QED) is 0.718. The summed E-state index contributed by atoms with van der Waals surface area (Å²) in [5, 5.41) is 12.4. The largest absolute Gasteiger partial charge is 0.507 e. The van der Waals surface area contributed by atoms with Crippen LogP contribution in [-0.4, -0.2) is 29.0 Å². The third kappa shape index (κ3) is 4.35. The van der Waals surface area contributed by atoms with Crippen molar-refractivity contribution >= 4 is 23.5 Å². The molecule has 0 bridgehead atoms. The van der Waals surface area contributed by atoms with Gasteiger partial charge in [-0.1, -0.05) is 12.1 Å². The average Bonchev–Trinajstić information content (AvgIpc) is 2.57. The molecule has 0 spiro atoms.